The van der Waals surface area contributed by atoms with Crippen LogP contribution in [-0.4, -0.2) is 29.8 Å². The number of carbonyl (C=O) groups is 1. The molecule has 1 saturated carbocycles. The molecule has 0 radical (unpaired) electrons. The summed E-state index contributed by atoms with van der Waals surface area (Å²) in [6.07, 6.45) is 5.26. The van der Waals surface area contributed by atoms with Crippen molar-refractivity contribution in [3.05, 3.63) is 0 Å². The maximum atomic E-state index is 11.4. The molecule has 0 bridgehead atoms. The summed E-state index contributed by atoms with van der Waals surface area (Å²) in [4.78, 5) is 13.9. The Kier molecular flexibility index (Phi) is 1.37. The standard InChI is InChI=1S/C10H15NO/c12-10-6-11-4-2-1-3-9(11)7-5-8(7)10/h7-9H,1-6H2/t7?,8?,9-/m1/s1. The summed E-state index contributed by atoms with van der Waals surface area (Å²) in [5.41, 5.74) is 0. The van der Waals surface area contributed by atoms with E-state index in [9.17, 15) is 4.79 Å². The maximum absolute atomic E-state index is 11.4. The zero-order chi connectivity index (χ0) is 8.13. The summed E-state index contributed by atoms with van der Waals surface area (Å²) >= 11 is 0. The molecule has 3 aliphatic rings. The van der Waals surface area contributed by atoms with Gasteiger partial charge < -0.3 is 0 Å². The smallest absolute Gasteiger partial charge is 0.150 e. The molecule has 0 N–H and O–H groups in total. The summed E-state index contributed by atoms with van der Waals surface area (Å²) in [7, 11) is 0. The number of ketones is 1. The molecule has 12 heavy (non-hydrogen) atoms. The highest BCUT2D eigenvalue weighted by Gasteiger charge is 2.53. The molecule has 0 aromatic carbocycles. The predicted octanol–water partition coefficient (Wildman–Crippen LogP) is 1.06. The number of nitrogens with zero attached hydrogens (tertiary/aromatic N) is 1. The van der Waals surface area contributed by atoms with Gasteiger partial charge in [-0.3, -0.25) is 9.69 Å². The third-order valence-electron chi connectivity index (χ3n) is 3.77. The Labute approximate surface area is 72.9 Å². The van der Waals surface area contributed by atoms with E-state index in [-0.39, 0.29) is 0 Å². The van der Waals surface area contributed by atoms with Gasteiger partial charge in [0.2, 0.25) is 0 Å². The van der Waals surface area contributed by atoms with Crippen LogP contribution in [0.15, 0.2) is 0 Å². The highest BCUT2D eigenvalue weighted by Crippen LogP contribution is 2.49. The molecule has 2 saturated heterocycles. The number of piperidine rings is 2. The van der Waals surface area contributed by atoms with E-state index in [1.165, 1.54) is 32.2 Å². The molecule has 2 aliphatic heterocycles. The summed E-state index contributed by atoms with van der Waals surface area (Å²) in [5.74, 6) is 1.79. The van der Waals surface area contributed by atoms with Crippen molar-refractivity contribution in [3.8, 4) is 0 Å². The van der Waals surface area contributed by atoms with Crippen LogP contribution in [-0.2, 0) is 4.79 Å². The second kappa shape index (κ2) is 2.32. The third-order valence-corrected chi connectivity index (χ3v) is 3.77. The molecule has 2 heteroatoms. The van der Waals surface area contributed by atoms with E-state index in [0.717, 1.165) is 18.5 Å². The van der Waals surface area contributed by atoms with Crippen LogP contribution in [0.2, 0.25) is 0 Å². The first kappa shape index (κ1) is 7.07. The first-order valence-corrected chi connectivity index (χ1v) is 5.13. The molecule has 0 aromatic heterocycles. The number of rotatable bonds is 0. The second-order valence-corrected chi connectivity index (χ2v) is 4.51. The van der Waals surface area contributed by atoms with Crippen LogP contribution in [0.5, 0.6) is 0 Å². The molecule has 0 amide bonds. The van der Waals surface area contributed by atoms with Gasteiger partial charge in [0.05, 0.1) is 6.54 Å². The van der Waals surface area contributed by atoms with Gasteiger partial charge in [0.25, 0.3) is 0 Å². The summed E-state index contributed by atoms with van der Waals surface area (Å²) in [6.45, 7) is 1.95. The molecular formula is C10H15NO. The van der Waals surface area contributed by atoms with E-state index in [1.807, 2.05) is 0 Å². The Morgan fingerprint density at radius 3 is 3.17 bits per heavy atom. The third kappa shape index (κ3) is 0.875. The van der Waals surface area contributed by atoms with Crippen LogP contribution < -0.4 is 0 Å². The molecule has 3 atom stereocenters. The van der Waals surface area contributed by atoms with Crippen molar-refractivity contribution >= 4 is 5.78 Å². The van der Waals surface area contributed by atoms with Gasteiger partial charge >= 0.3 is 0 Å². The largest absolute Gasteiger partial charge is 0.298 e. The van der Waals surface area contributed by atoms with E-state index >= 15 is 0 Å². The zero-order valence-corrected chi connectivity index (χ0v) is 7.33. The molecule has 0 spiro atoms. The first-order chi connectivity index (χ1) is 5.86. The van der Waals surface area contributed by atoms with Gasteiger partial charge in [-0.05, 0) is 31.7 Å². The lowest BCUT2D eigenvalue weighted by molar-refractivity contribution is -0.125. The normalized spacial score (nSPS) is 46.7. The van der Waals surface area contributed by atoms with Crippen molar-refractivity contribution in [3.63, 3.8) is 0 Å². The van der Waals surface area contributed by atoms with Gasteiger partial charge in [-0.25, -0.2) is 0 Å². The van der Waals surface area contributed by atoms with Crippen molar-refractivity contribution in [2.75, 3.05) is 13.1 Å². The van der Waals surface area contributed by atoms with Gasteiger partial charge in [-0.2, -0.15) is 0 Å². The van der Waals surface area contributed by atoms with E-state index in [2.05, 4.69) is 4.90 Å². The van der Waals surface area contributed by atoms with Gasteiger partial charge in [-0.15, -0.1) is 0 Å². The first-order valence-electron chi connectivity index (χ1n) is 5.13. The van der Waals surface area contributed by atoms with E-state index in [0.29, 0.717) is 11.7 Å². The maximum Gasteiger partial charge on any atom is 0.150 e. The quantitative estimate of drug-likeness (QED) is 0.535. The van der Waals surface area contributed by atoms with Crippen molar-refractivity contribution in [1.29, 1.82) is 0 Å². The molecule has 2 heterocycles. The van der Waals surface area contributed by atoms with Crippen LogP contribution in [0.3, 0.4) is 0 Å². The minimum absolute atomic E-state index is 0.490. The fraction of sp³-hybridized carbons (Fsp3) is 0.900. The van der Waals surface area contributed by atoms with E-state index in [1.54, 1.807) is 0 Å². The highest BCUT2D eigenvalue weighted by atomic mass is 16.1. The van der Waals surface area contributed by atoms with Crippen LogP contribution in [0.1, 0.15) is 25.7 Å². The number of carbonyl (C=O) groups excluding carboxylic acids is 1. The zero-order valence-electron chi connectivity index (χ0n) is 7.33. The molecule has 0 aromatic rings. The number of hydrogen-bond donors (Lipinski definition) is 0. The Morgan fingerprint density at radius 1 is 1.33 bits per heavy atom. The van der Waals surface area contributed by atoms with Crippen LogP contribution in [0.25, 0.3) is 0 Å². The minimum Gasteiger partial charge on any atom is -0.298 e. The molecule has 2 nitrogen and oxygen atoms in total. The van der Waals surface area contributed by atoms with Gasteiger partial charge in [0, 0.05) is 12.0 Å². The molecule has 3 rings (SSSR count). The summed E-state index contributed by atoms with van der Waals surface area (Å²) in [6, 6.07) is 0.793. The lowest BCUT2D eigenvalue weighted by Gasteiger charge is -2.38. The average molecular weight is 165 g/mol. The Hall–Kier alpha value is -0.370. The van der Waals surface area contributed by atoms with Gasteiger partial charge in [-0.1, -0.05) is 6.42 Å². The van der Waals surface area contributed by atoms with E-state index in [4.69, 9.17) is 0 Å². The fourth-order valence-electron chi connectivity index (χ4n) is 3.03. The number of hydrogen-bond acceptors (Lipinski definition) is 2. The van der Waals surface area contributed by atoms with Crippen LogP contribution >= 0.6 is 0 Å². The van der Waals surface area contributed by atoms with Crippen molar-refractivity contribution in [2.24, 2.45) is 11.8 Å². The van der Waals surface area contributed by atoms with Crippen molar-refractivity contribution in [1.82, 2.24) is 4.90 Å². The Balaban J connectivity index is 1.81. The minimum atomic E-state index is 0.490. The van der Waals surface area contributed by atoms with E-state index < -0.39 is 0 Å². The molecular weight excluding hydrogens is 150 g/mol. The number of fused-ring (bicyclic) bond motifs is 3. The van der Waals surface area contributed by atoms with Crippen LogP contribution in [0.4, 0.5) is 0 Å². The Morgan fingerprint density at radius 2 is 2.25 bits per heavy atom. The topological polar surface area (TPSA) is 20.3 Å². The molecule has 1 aliphatic carbocycles. The average Bonchev–Trinajstić information content (AvgIpc) is 2.84. The predicted molar refractivity (Wildman–Crippen MR) is 45.8 cm³/mol. The highest BCUT2D eigenvalue weighted by molar-refractivity contribution is 5.86. The van der Waals surface area contributed by atoms with Crippen molar-refractivity contribution in [2.45, 2.75) is 31.7 Å². The molecule has 2 unspecified atom stereocenters. The summed E-state index contributed by atoms with van der Waals surface area (Å²) < 4.78 is 0. The number of Topliss-reactive ketones (excluding diaryl/α,β-unsaturated/α-hetero) is 1. The fourth-order valence-corrected chi connectivity index (χ4v) is 3.03. The molecule has 3 fully saturated rings. The van der Waals surface area contributed by atoms with Gasteiger partial charge in [0.1, 0.15) is 5.78 Å². The lowest BCUT2D eigenvalue weighted by Crippen LogP contribution is -2.48. The molecule has 66 valence electrons. The summed E-state index contributed by atoms with van der Waals surface area (Å²) in [5, 5.41) is 0. The second-order valence-electron chi connectivity index (χ2n) is 4.51. The SMILES string of the molecule is O=C1CN2CCCC[C@@H]2C2CC12. The van der Waals surface area contributed by atoms with Crippen LogP contribution in [0, 0.1) is 11.8 Å². The van der Waals surface area contributed by atoms with Crippen molar-refractivity contribution < 1.29 is 4.79 Å². The van der Waals surface area contributed by atoms with Gasteiger partial charge in [0.15, 0.2) is 0 Å². The lowest BCUT2D eigenvalue weighted by atomic mass is 9.92. The Bertz CT molecular complexity index is 226. The monoisotopic (exact) mass is 165 g/mol.